The first kappa shape index (κ1) is 9.02. The average Bonchev–Trinajstić information content (AvgIpc) is 2.13. The van der Waals surface area contributed by atoms with Crippen molar-refractivity contribution in [1.82, 2.24) is 9.97 Å². The lowest BCUT2D eigenvalue weighted by Crippen LogP contribution is -1.94. The van der Waals surface area contributed by atoms with Gasteiger partial charge in [-0.3, -0.25) is 0 Å². The second kappa shape index (κ2) is 4.74. The molecule has 0 aliphatic rings. The van der Waals surface area contributed by atoms with E-state index in [-0.39, 0.29) is 5.95 Å². The normalized spacial score (nSPS) is 9.85. The van der Waals surface area contributed by atoms with Crippen molar-refractivity contribution in [2.75, 3.05) is 12.3 Å². The predicted octanol–water partition coefficient (Wildman–Crippen LogP) is 1.38. The standard InChI is InChI=1S/C7H8N6/c8-7-10-5-3-6(12-7)2-1-4-11-13-9/h1-3,5H,4H2,(H2,8,10,12). The lowest BCUT2D eigenvalue weighted by molar-refractivity contribution is 1.16. The molecule has 0 atom stereocenters. The predicted molar refractivity (Wildman–Crippen MR) is 49.5 cm³/mol. The van der Waals surface area contributed by atoms with E-state index in [0.717, 1.165) is 0 Å². The van der Waals surface area contributed by atoms with Crippen LogP contribution < -0.4 is 5.73 Å². The first-order chi connectivity index (χ1) is 6.33. The van der Waals surface area contributed by atoms with Crippen molar-refractivity contribution in [3.05, 3.63) is 34.5 Å². The number of nitrogens with zero attached hydrogens (tertiary/aromatic N) is 5. The number of nitrogen functional groups attached to an aromatic ring is 1. The van der Waals surface area contributed by atoms with Gasteiger partial charge in [0.2, 0.25) is 5.95 Å². The van der Waals surface area contributed by atoms with Crippen molar-refractivity contribution in [1.29, 1.82) is 0 Å². The molecule has 0 spiro atoms. The molecule has 0 amide bonds. The molecule has 0 aliphatic carbocycles. The van der Waals surface area contributed by atoms with Gasteiger partial charge in [-0.05, 0) is 17.7 Å². The smallest absolute Gasteiger partial charge is 0.220 e. The molecule has 1 aromatic rings. The van der Waals surface area contributed by atoms with Gasteiger partial charge in [0, 0.05) is 17.7 Å². The van der Waals surface area contributed by atoms with E-state index in [4.69, 9.17) is 11.3 Å². The Hall–Kier alpha value is -2.07. The van der Waals surface area contributed by atoms with Crippen LogP contribution in [0.15, 0.2) is 23.5 Å². The van der Waals surface area contributed by atoms with Crippen molar-refractivity contribution in [2.24, 2.45) is 5.11 Å². The Morgan fingerprint density at radius 3 is 3.23 bits per heavy atom. The Bertz CT molecular complexity index is 352. The minimum absolute atomic E-state index is 0.228. The third-order valence-electron chi connectivity index (χ3n) is 1.23. The van der Waals surface area contributed by atoms with Crippen LogP contribution in [-0.2, 0) is 0 Å². The number of anilines is 1. The summed E-state index contributed by atoms with van der Waals surface area (Å²) in [6, 6.07) is 1.71. The van der Waals surface area contributed by atoms with Gasteiger partial charge in [-0.25, -0.2) is 9.97 Å². The van der Waals surface area contributed by atoms with Gasteiger partial charge in [-0.1, -0.05) is 11.2 Å². The molecule has 1 rings (SSSR count). The fourth-order valence-electron chi connectivity index (χ4n) is 0.738. The molecule has 6 nitrogen and oxygen atoms in total. The van der Waals surface area contributed by atoms with Gasteiger partial charge >= 0.3 is 0 Å². The van der Waals surface area contributed by atoms with Crippen molar-refractivity contribution >= 4 is 12.0 Å². The first-order valence-electron chi connectivity index (χ1n) is 3.59. The average molecular weight is 176 g/mol. The van der Waals surface area contributed by atoms with E-state index >= 15 is 0 Å². The fourth-order valence-corrected chi connectivity index (χ4v) is 0.738. The maximum Gasteiger partial charge on any atom is 0.220 e. The largest absolute Gasteiger partial charge is 0.368 e. The zero-order valence-electron chi connectivity index (χ0n) is 6.83. The Balaban J connectivity index is 2.63. The van der Waals surface area contributed by atoms with E-state index in [1.165, 1.54) is 0 Å². The summed E-state index contributed by atoms with van der Waals surface area (Å²) in [7, 11) is 0. The second-order valence-corrected chi connectivity index (χ2v) is 2.16. The number of hydrogen-bond acceptors (Lipinski definition) is 4. The molecule has 0 radical (unpaired) electrons. The van der Waals surface area contributed by atoms with E-state index < -0.39 is 0 Å². The van der Waals surface area contributed by atoms with Gasteiger partial charge in [-0.2, -0.15) is 0 Å². The molecule has 0 fully saturated rings. The highest BCUT2D eigenvalue weighted by atomic mass is 15.1. The topological polar surface area (TPSA) is 101 Å². The van der Waals surface area contributed by atoms with E-state index in [0.29, 0.717) is 12.2 Å². The highest BCUT2D eigenvalue weighted by molar-refractivity contribution is 5.45. The van der Waals surface area contributed by atoms with Crippen LogP contribution in [0.3, 0.4) is 0 Å². The summed E-state index contributed by atoms with van der Waals surface area (Å²) < 4.78 is 0. The third-order valence-corrected chi connectivity index (χ3v) is 1.23. The SMILES string of the molecule is [N-]=[N+]=NCC=Cc1ccnc(N)n1. The molecule has 0 saturated heterocycles. The summed E-state index contributed by atoms with van der Waals surface area (Å²) in [6.07, 6.45) is 4.98. The third kappa shape index (κ3) is 3.22. The minimum Gasteiger partial charge on any atom is -0.368 e. The lowest BCUT2D eigenvalue weighted by atomic mass is 10.3. The zero-order valence-corrected chi connectivity index (χ0v) is 6.83. The van der Waals surface area contributed by atoms with Crippen LogP contribution in [0.4, 0.5) is 5.95 Å². The van der Waals surface area contributed by atoms with Gasteiger partial charge in [-0.15, -0.1) is 0 Å². The summed E-state index contributed by atoms with van der Waals surface area (Å²) in [4.78, 5) is 10.3. The van der Waals surface area contributed by atoms with Crippen LogP contribution >= 0.6 is 0 Å². The summed E-state index contributed by atoms with van der Waals surface area (Å²) in [5, 5.41) is 3.33. The number of rotatable bonds is 3. The van der Waals surface area contributed by atoms with Crippen molar-refractivity contribution in [2.45, 2.75) is 0 Å². The molecule has 0 bridgehead atoms. The zero-order chi connectivity index (χ0) is 9.52. The van der Waals surface area contributed by atoms with Crippen molar-refractivity contribution < 1.29 is 0 Å². The molecule has 0 aliphatic heterocycles. The van der Waals surface area contributed by atoms with Crippen LogP contribution in [0.1, 0.15) is 5.69 Å². The molecule has 1 aromatic heterocycles. The van der Waals surface area contributed by atoms with Crippen LogP contribution in [0.5, 0.6) is 0 Å². The van der Waals surface area contributed by atoms with Crippen molar-refractivity contribution in [3.63, 3.8) is 0 Å². The Morgan fingerprint density at radius 1 is 1.69 bits per heavy atom. The minimum atomic E-state index is 0.228. The van der Waals surface area contributed by atoms with Gasteiger partial charge in [0.1, 0.15) is 0 Å². The molecule has 2 N–H and O–H groups in total. The fraction of sp³-hybridized carbons (Fsp3) is 0.143. The molecular formula is C7H8N6. The van der Waals surface area contributed by atoms with Gasteiger partial charge in [0.05, 0.1) is 5.69 Å². The van der Waals surface area contributed by atoms with Gasteiger partial charge < -0.3 is 5.73 Å². The van der Waals surface area contributed by atoms with E-state index in [2.05, 4.69) is 20.0 Å². The van der Waals surface area contributed by atoms with Crippen molar-refractivity contribution in [3.8, 4) is 0 Å². The summed E-state index contributed by atoms with van der Waals surface area (Å²) in [5.41, 5.74) is 14.0. The van der Waals surface area contributed by atoms with Crippen LogP contribution in [-0.4, -0.2) is 16.5 Å². The van der Waals surface area contributed by atoms with Gasteiger partial charge in [0.25, 0.3) is 0 Å². The Kier molecular flexibility index (Phi) is 3.29. The number of nitrogens with two attached hydrogens (primary N) is 1. The van der Waals surface area contributed by atoms with E-state index in [9.17, 15) is 0 Å². The van der Waals surface area contributed by atoms with E-state index in [1.54, 1.807) is 24.4 Å². The first-order valence-corrected chi connectivity index (χ1v) is 3.59. The summed E-state index contributed by atoms with van der Waals surface area (Å²) >= 11 is 0. The second-order valence-electron chi connectivity index (χ2n) is 2.16. The highest BCUT2D eigenvalue weighted by Gasteiger charge is 1.88. The number of hydrogen-bond donors (Lipinski definition) is 1. The highest BCUT2D eigenvalue weighted by Crippen LogP contribution is 1.98. The molecule has 13 heavy (non-hydrogen) atoms. The molecular weight excluding hydrogens is 168 g/mol. The molecule has 66 valence electrons. The molecule has 0 unspecified atom stereocenters. The molecule has 0 saturated carbocycles. The monoisotopic (exact) mass is 176 g/mol. The molecule has 1 heterocycles. The summed E-state index contributed by atoms with van der Waals surface area (Å²) in [6.45, 7) is 0.306. The van der Waals surface area contributed by atoms with Crippen LogP contribution in [0, 0.1) is 0 Å². The maximum absolute atomic E-state index is 7.99. The van der Waals surface area contributed by atoms with E-state index in [1.807, 2.05) is 0 Å². The molecule has 0 aromatic carbocycles. The number of aromatic nitrogens is 2. The van der Waals surface area contributed by atoms with Crippen LogP contribution in [0.25, 0.3) is 16.5 Å². The Morgan fingerprint density at radius 2 is 2.54 bits per heavy atom. The quantitative estimate of drug-likeness (QED) is 0.427. The molecule has 6 heteroatoms. The van der Waals surface area contributed by atoms with Crippen LogP contribution in [0.2, 0.25) is 0 Å². The lowest BCUT2D eigenvalue weighted by Gasteiger charge is -1.92. The Labute approximate surface area is 74.7 Å². The summed E-state index contributed by atoms with van der Waals surface area (Å²) in [5.74, 6) is 0.228. The maximum atomic E-state index is 7.99. The number of azide groups is 1. The van der Waals surface area contributed by atoms with Gasteiger partial charge in [0.15, 0.2) is 0 Å².